The molecular formula is C13H20N2O3. The topological polar surface area (TPSA) is 68.7 Å². The SMILES string of the molecule is COC(=O)c1ccc(CN2CCC(CN)CC2)o1. The van der Waals surface area contributed by atoms with Gasteiger partial charge in [0.15, 0.2) is 0 Å². The van der Waals surface area contributed by atoms with Gasteiger partial charge in [0.1, 0.15) is 5.76 Å². The van der Waals surface area contributed by atoms with Gasteiger partial charge in [-0.05, 0) is 50.5 Å². The number of nitrogens with zero attached hydrogens (tertiary/aromatic N) is 1. The van der Waals surface area contributed by atoms with Crippen LogP contribution in [0.3, 0.4) is 0 Å². The van der Waals surface area contributed by atoms with Crippen molar-refractivity contribution in [3.63, 3.8) is 0 Å². The summed E-state index contributed by atoms with van der Waals surface area (Å²) in [6.45, 7) is 3.60. The number of carbonyl (C=O) groups is 1. The van der Waals surface area contributed by atoms with E-state index >= 15 is 0 Å². The van der Waals surface area contributed by atoms with Crippen LogP contribution in [0.5, 0.6) is 0 Å². The van der Waals surface area contributed by atoms with E-state index in [1.165, 1.54) is 7.11 Å². The molecule has 5 heteroatoms. The van der Waals surface area contributed by atoms with Crippen LogP contribution in [0.1, 0.15) is 29.2 Å². The minimum atomic E-state index is -0.428. The Bertz CT molecular complexity index is 395. The maximum Gasteiger partial charge on any atom is 0.373 e. The van der Waals surface area contributed by atoms with Crippen molar-refractivity contribution in [2.75, 3.05) is 26.7 Å². The second kappa shape index (κ2) is 6.02. The Balaban J connectivity index is 1.86. The van der Waals surface area contributed by atoms with Crippen molar-refractivity contribution in [3.05, 3.63) is 23.7 Å². The third-order valence-corrected chi connectivity index (χ3v) is 3.47. The quantitative estimate of drug-likeness (QED) is 0.816. The predicted octanol–water partition coefficient (Wildman–Crippen LogP) is 1.24. The summed E-state index contributed by atoms with van der Waals surface area (Å²) < 4.78 is 10.1. The molecule has 0 atom stereocenters. The standard InChI is InChI=1S/C13H20N2O3/c1-17-13(16)12-3-2-11(18-12)9-15-6-4-10(8-14)5-7-15/h2-3,10H,4-9,14H2,1H3. The van der Waals surface area contributed by atoms with Crippen molar-refractivity contribution in [3.8, 4) is 0 Å². The number of hydrogen-bond acceptors (Lipinski definition) is 5. The van der Waals surface area contributed by atoms with E-state index in [4.69, 9.17) is 10.2 Å². The van der Waals surface area contributed by atoms with Crippen molar-refractivity contribution < 1.29 is 13.9 Å². The third kappa shape index (κ3) is 3.11. The Morgan fingerprint density at radius 3 is 2.83 bits per heavy atom. The van der Waals surface area contributed by atoms with Gasteiger partial charge < -0.3 is 14.9 Å². The Hall–Kier alpha value is -1.33. The van der Waals surface area contributed by atoms with Gasteiger partial charge in [0.05, 0.1) is 13.7 Å². The average molecular weight is 252 g/mol. The highest BCUT2D eigenvalue weighted by Gasteiger charge is 2.19. The zero-order chi connectivity index (χ0) is 13.0. The van der Waals surface area contributed by atoms with Crippen LogP contribution in [0.4, 0.5) is 0 Å². The number of carbonyl (C=O) groups excluding carboxylic acids is 1. The maximum absolute atomic E-state index is 11.3. The molecule has 1 aromatic heterocycles. The second-order valence-corrected chi connectivity index (χ2v) is 4.71. The summed E-state index contributed by atoms with van der Waals surface area (Å²) in [5.41, 5.74) is 5.66. The summed E-state index contributed by atoms with van der Waals surface area (Å²) in [7, 11) is 1.35. The van der Waals surface area contributed by atoms with Crippen LogP contribution in [0, 0.1) is 5.92 Å². The lowest BCUT2D eigenvalue weighted by molar-refractivity contribution is 0.0560. The maximum atomic E-state index is 11.3. The van der Waals surface area contributed by atoms with Crippen LogP contribution in [-0.2, 0) is 11.3 Å². The molecule has 0 saturated carbocycles. The normalized spacial score (nSPS) is 17.9. The van der Waals surface area contributed by atoms with Crippen molar-refractivity contribution in [1.82, 2.24) is 4.90 Å². The van der Waals surface area contributed by atoms with Crippen molar-refractivity contribution in [2.45, 2.75) is 19.4 Å². The number of piperidine rings is 1. The summed E-state index contributed by atoms with van der Waals surface area (Å²) in [6.07, 6.45) is 2.28. The minimum absolute atomic E-state index is 0.268. The molecule has 5 nitrogen and oxygen atoms in total. The minimum Gasteiger partial charge on any atom is -0.463 e. The Morgan fingerprint density at radius 2 is 2.22 bits per heavy atom. The van der Waals surface area contributed by atoms with Crippen molar-refractivity contribution in [2.24, 2.45) is 11.7 Å². The van der Waals surface area contributed by atoms with Crippen LogP contribution < -0.4 is 5.73 Å². The third-order valence-electron chi connectivity index (χ3n) is 3.47. The van der Waals surface area contributed by atoms with Gasteiger partial charge in [-0.1, -0.05) is 0 Å². The number of rotatable bonds is 4. The molecular weight excluding hydrogens is 232 g/mol. The van der Waals surface area contributed by atoms with Crippen molar-refractivity contribution in [1.29, 1.82) is 0 Å². The van der Waals surface area contributed by atoms with E-state index in [0.717, 1.165) is 44.8 Å². The number of nitrogens with two attached hydrogens (primary N) is 1. The van der Waals surface area contributed by atoms with E-state index < -0.39 is 5.97 Å². The van der Waals surface area contributed by atoms with E-state index in [-0.39, 0.29) is 5.76 Å². The molecule has 100 valence electrons. The molecule has 2 rings (SSSR count). The van der Waals surface area contributed by atoms with Gasteiger partial charge in [0.2, 0.25) is 5.76 Å². The van der Waals surface area contributed by atoms with Gasteiger partial charge in [0.25, 0.3) is 0 Å². The fourth-order valence-electron chi connectivity index (χ4n) is 2.27. The number of methoxy groups -OCH3 is 1. The van der Waals surface area contributed by atoms with Crippen LogP contribution in [0.2, 0.25) is 0 Å². The molecule has 1 aliphatic rings. The van der Waals surface area contributed by atoms with Gasteiger partial charge in [-0.3, -0.25) is 4.90 Å². The molecule has 1 aliphatic heterocycles. The van der Waals surface area contributed by atoms with E-state index in [1.807, 2.05) is 6.07 Å². The van der Waals surface area contributed by atoms with Crippen LogP contribution in [0.15, 0.2) is 16.5 Å². The molecule has 0 unspecified atom stereocenters. The molecule has 18 heavy (non-hydrogen) atoms. The number of ether oxygens (including phenoxy) is 1. The Kier molecular flexibility index (Phi) is 4.38. The predicted molar refractivity (Wildman–Crippen MR) is 67.1 cm³/mol. The molecule has 0 bridgehead atoms. The smallest absolute Gasteiger partial charge is 0.373 e. The molecule has 1 saturated heterocycles. The molecule has 0 spiro atoms. The van der Waals surface area contributed by atoms with Crippen molar-refractivity contribution >= 4 is 5.97 Å². The summed E-state index contributed by atoms with van der Waals surface area (Å²) >= 11 is 0. The monoisotopic (exact) mass is 252 g/mol. The van der Waals surface area contributed by atoms with E-state index in [1.54, 1.807) is 6.07 Å². The molecule has 0 aromatic carbocycles. The highest BCUT2D eigenvalue weighted by Crippen LogP contribution is 2.19. The first-order valence-corrected chi connectivity index (χ1v) is 6.32. The Morgan fingerprint density at radius 1 is 1.50 bits per heavy atom. The van der Waals surface area contributed by atoms with Gasteiger partial charge in [-0.15, -0.1) is 0 Å². The zero-order valence-corrected chi connectivity index (χ0v) is 10.7. The number of hydrogen-bond donors (Lipinski definition) is 1. The summed E-state index contributed by atoms with van der Waals surface area (Å²) in [4.78, 5) is 13.6. The van der Waals surface area contributed by atoms with Gasteiger partial charge in [-0.25, -0.2) is 4.79 Å². The fourth-order valence-corrected chi connectivity index (χ4v) is 2.27. The summed E-state index contributed by atoms with van der Waals surface area (Å²) in [5.74, 6) is 1.30. The largest absolute Gasteiger partial charge is 0.463 e. The molecule has 1 fully saturated rings. The molecule has 0 radical (unpaired) electrons. The number of esters is 1. The first-order chi connectivity index (χ1) is 8.72. The Labute approximate surface area is 107 Å². The number of furan rings is 1. The second-order valence-electron chi connectivity index (χ2n) is 4.71. The highest BCUT2D eigenvalue weighted by molar-refractivity contribution is 5.86. The van der Waals surface area contributed by atoms with Gasteiger partial charge >= 0.3 is 5.97 Å². The average Bonchev–Trinajstić information content (AvgIpc) is 2.87. The highest BCUT2D eigenvalue weighted by atomic mass is 16.5. The molecule has 2 heterocycles. The van der Waals surface area contributed by atoms with Gasteiger partial charge in [0, 0.05) is 0 Å². The fraction of sp³-hybridized carbons (Fsp3) is 0.615. The molecule has 2 N–H and O–H groups in total. The van der Waals surface area contributed by atoms with Crippen LogP contribution in [-0.4, -0.2) is 37.6 Å². The van der Waals surface area contributed by atoms with Crippen LogP contribution in [0.25, 0.3) is 0 Å². The molecule has 0 aliphatic carbocycles. The lowest BCUT2D eigenvalue weighted by Gasteiger charge is -2.30. The molecule has 0 amide bonds. The van der Waals surface area contributed by atoms with E-state index in [2.05, 4.69) is 9.64 Å². The first-order valence-electron chi connectivity index (χ1n) is 6.32. The number of likely N-dealkylation sites (tertiary alicyclic amines) is 1. The summed E-state index contributed by atoms with van der Waals surface area (Å²) in [5, 5.41) is 0. The van der Waals surface area contributed by atoms with E-state index in [0.29, 0.717) is 5.92 Å². The van der Waals surface area contributed by atoms with E-state index in [9.17, 15) is 4.79 Å². The van der Waals surface area contributed by atoms with Crippen LogP contribution >= 0.6 is 0 Å². The van der Waals surface area contributed by atoms with Gasteiger partial charge in [-0.2, -0.15) is 0 Å². The molecule has 1 aromatic rings. The summed E-state index contributed by atoms with van der Waals surface area (Å²) in [6, 6.07) is 3.50. The lowest BCUT2D eigenvalue weighted by atomic mass is 9.97. The lowest BCUT2D eigenvalue weighted by Crippen LogP contribution is -2.35. The zero-order valence-electron chi connectivity index (χ0n) is 10.7. The first kappa shape index (κ1) is 13.1.